The van der Waals surface area contributed by atoms with Gasteiger partial charge in [0.2, 0.25) is 0 Å². The molecule has 0 aliphatic carbocycles. The summed E-state index contributed by atoms with van der Waals surface area (Å²) in [5.41, 5.74) is 3.71. The molecule has 0 aliphatic rings. The van der Waals surface area contributed by atoms with E-state index in [9.17, 15) is 0 Å². The number of hydrogen-bond donors (Lipinski definition) is 1. The Hall–Kier alpha value is -0.710. The molecular weight excluding hydrogens is 344 g/mol. The first kappa shape index (κ1) is 16.7. The second-order valence-corrected chi connectivity index (χ2v) is 7.77. The minimum absolute atomic E-state index is 0.161. The van der Waals surface area contributed by atoms with Crippen molar-refractivity contribution in [3.05, 3.63) is 49.9 Å². The van der Waals surface area contributed by atoms with E-state index < -0.39 is 0 Å². The van der Waals surface area contributed by atoms with E-state index in [1.54, 1.807) is 11.3 Å². The second kappa shape index (κ2) is 7.03. The van der Waals surface area contributed by atoms with Crippen molar-refractivity contribution in [1.29, 1.82) is 0 Å². The number of aromatic nitrogens is 1. The Bertz CT molecular complexity index is 605. The summed E-state index contributed by atoms with van der Waals surface area (Å²) < 4.78 is 1.15. The van der Waals surface area contributed by atoms with Crippen LogP contribution in [0.25, 0.3) is 0 Å². The molecule has 0 saturated carbocycles. The van der Waals surface area contributed by atoms with Gasteiger partial charge in [-0.15, -0.1) is 11.3 Å². The third-order valence-corrected chi connectivity index (χ3v) is 5.21. The highest BCUT2D eigenvalue weighted by atomic mass is 79.9. The standard InChI is InChI=1S/C17H23BrN2S/c1-10(2)15-9-21-17(20-15)16(19-11(3)4)13-6-7-14(18)12(5)8-13/h6-11,16,19H,1-5H3. The number of hydrogen-bond acceptors (Lipinski definition) is 3. The van der Waals surface area contributed by atoms with E-state index in [0.29, 0.717) is 12.0 Å². The molecule has 0 fully saturated rings. The largest absolute Gasteiger partial charge is 0.302 e. The number of halogens is 1. The van der Waals surface area contributed by atoms with Crippen LogP contribution in [0.15, 0.2) is 28.1 Å². The zero-order chi connectivity index (χ0) is 15.6. The number of aryl methyl sites for hydroxylation is 1. The van der Waals surface area contributed by atoms with Crippen molar-refractivity contribution >= 4 is 27.3 Å². The van der Waals surface area contributed by atoms with Gasteiger partial charge in [0.15, 0.2) is 0 Å². The van der Waals surface area contributed by atoms with Crippen molar-refractivity contribution in [2.75, 3.05) is 0 Å². The molecule has 2 nitrogen and oxygen atoms in total. The lowest BCUT2D eigenvalue weighted by molar-refractivity contribution is 0.525. The second-order valence-electron chi connectivity index (χ2n) is 6.03. The molecular formula is C17H23BrN2S. The molecule has 1 unspecified atom stereocenters. The van der Waals surface area contributed by atoms with E-state index in [2.05, 4.69) is 79.4 Å². The third kappa shape index (κ3) is 4.15. The Morgan fingerprint density at radius 3 is 2.43 bits per heavy atom. The molecule has 1 aromatic heterocycles. The molecule has 1 heterocycles. The van der Waals surface area contributed by atoms with Gasteiger partial charge in [-0.3, -0.25) is 0 Å². The minimum atomic E-state index is 0.161. The van der Waals surface area contributed by atoms with E-state index in [4.69, 9.17) is 4.98 Å². The number of benzene rings is 1. The molecule has 2 aromatic rings. The van der Waals surface area contributed by atoms with Gasteiger partial charge in [0.25, 0.3) is 0 Å². The molecule has 0 saturated heterocycles. The molecule has 21 heavy (non-hydrogen) atoms. The number of rotatable bonds is 5. The molecule has 0 spiro atoms. The molecule has 0 amide bonds. The van der Waals surface area contributed by atoms with Gasteiger partial charge in [-0.25, -0.2) is 4.98 Å². The van der Waals surface area contributed by atoms with Crippen LogP contribution in [-0.2, 0) is 0 Å². The molecule has 0 bridgehead atoms. The summed E-state index contributed by atoms with van der Waals surface area (Å²) in [7, 11) is 0. The topological polar surface area (TPSA) is 24.9 Å². The maximum absolute atomic E-state index is 4.84. The predicted molar refractivity (Wildman–Crippen MR) is 95.2 cm³/mol. The average Bonchev–Trinajstić information content (AvgIpc) is 2.89. The van der Waals surface area contributed by atoms with Gasteiger partial charge in [0, 0.05) is 15.9 Å². The minimum Gasteiger partial charge on any atom is -0.302 e. The van der Waals surface area contributed by atoms with E-state index in [1.807, 2.05) is 0 Å². The van der Waals surface area contributed by atoms with Gasteiger partial charge < -0.3 is 5.32 Å². The maximum Gasteiger partial charge on any atom is 0.114 e. The summed E-state index contributed by atoms with van der Waals surface area (Å²) in [6.07, 6.45) is 0. The fourth-order valence-corrected chi connectivity index (χ4v) is 3.50. The quantitative estimate of drug-likeness (QED) is 0.763. The highest BCUT2D eigenvalue weighted by molar-refractivity contribution is 9.10. The summed E-state index contributed by atoms with van der Waals surface area (Å²) in [6, 6.07) is 7.10. The fourth-order valence-electron chi connectivity index (χ4n) is 2.19. The Labute approximate surface area is 140 Å². The van der Waals surface area contributed by atoms with Gasteiger partial charge in [-0.1, -0.05) is 41.9 Å². The highest BCUT2D eigenvalue weighted by Gasteiger charge is 2.20. The van der Waals surface area contributed by atoms with Crippen LogP contribution < -0.4 is 5.32 Å². The summed E-state index contributed by atoms with van der Waals surface area (Å²) in [6.45, 7) is 10.9. The zero-order valence-corrected chi connectivity index (χ0v) is 15.7. The predicted octanol–water partition coefficient (Wildman–Crippen LogP) is 5.42. The average molecular weight is 367 g/mol. The van der Waals surface area contributed by atoms with Crippen LogP contribution in [-0.4, -0.2) is 11.0 Å². The maximum atomic E-state index is 4.84. The Morgan fingerprint density at radius 1 is 1.19 bits per heavy atom. The zero-order valence-electron chi connectivity index (χ0n) is 13.3. The van der Waals surface area contributed by atoms with Crippen LogP contribution in [0.2, 0.25) is 0 Å². The van der Waals surface area contributed by atoms with Crippen LogP contribution in [0.3, 0.4) is 0 Å². The third-order valence-electron chi connectivity index (χ3n) is 3.39. The molecule has 4 heteroatoms. The van der Waals surface area contributed by atoms with E-state index in [1.165, 1.54) is 16.8 Å². The van der Waals surface area contributed by atoms with Crippen molar-refractivity contribution in [1.82, 2.24) is 10.3 Å². The monoisotopic (exact) mass is 366 g/mol. The van der Waals surface area contributed by atoms with Crippen molar-refractivity contribution in [2.45, 2.75) is 52.6 Å². The van der Waals surface area contributed by atoms with Crippen LogP contribution >= 0.6 is 27.3 Å². The normalized spacial score (nSPS) is 13.1. The first-order valence-corrected chi connectivity index (χ1v) is 9.03. The molecule has 1 aromatic carbocycles. The summed E-state index contributed by atoms with van der Waals surface area (Å²) >= 11 is 5.32. The first-order chi connectivity index (χ1) is 9.88. The highest BCUT2D eigenvalue weighted by Crippen LogP contribution is 2.30. The number of nitrogens with zero attached hydrogens (tertiary/aromatic N) is 1. The van der Waals surface area contributed by atoms with Crippen LogP contribution in [0, 0.1) is 6.92 Å². The van der Waals surface area contributed by atoms with E-state index >= 15 is 0 Å². The van der Waals surface area contributed by atoms with Gasteiger partial charge in [0.1, 0.15) is 5.01 Å². The van der Waals surface area contributed by atoms with Crippen LogP contribution in [0.4, 0.5) is 0 Å². The molecule has 0 aliphatic heterocycles. The summed E-state index contributed by atoms with van der Waals surface area (Å²) in [5, 5.41) is 6.97. The van der Waals surface area contributed by atoms with Gasteiger partial charge in [0.05, 0.1) is 11.7 Å². The lowest BCUT2D eigenvalue weighted by atomic mass is 10.0. The SMILES string of the molecule is Cc1cc(C(NC(C)C)c2nc(C(C)C)cs2)ccc1Br. The molecule has 1 N–H and O–H groups in total. The van der Waals surface area contributed by atoms with Gasteiger partial charge >= 0.3 is 0 Å². The number of nitrogens with one attached hydrogen (secondary N) is 1. The molecule has 2 rings (SSSR count). The lowest BCUT2D eigenvalue weighted by Crippen LogP contribution is -2.29. The van der Waals surface area contributed by atoms with Crippen molar-refractivity contribution < 1.29 is 0 Å². The molecule has 0 radical (unpaired) electrons. The summed E-state index contributed by atoms with van der Waals surface area (Å²) in [4.78, 5) is 4.84. The van der Waals surface area contributed by atoms with Crippen LogP contribution in [0.5, 0.6) is 0 Å². The Kier molecular flexibility index (Phi) is 5.58. The van der Waals surface area contributed by atoms with Gasteiger partial charge in [-0.05, 0) is 43.9 Å². The Morgan fingerprint density at radius 2 is 1.90 bits per heavy atom. The van der Waals surface area contributed by atoms with Crippen molar-refractivity contribution in [3.8, 4) is 0 Å². The lowest BCUT2D eigenvalue weighted by Gasteiger charge is -2.20. The van der Waals surface area contributed by atoms with Crippen molar-refractivity contribution in [3.63, 3.8) is 0 Å². The van der Waals surface area contributed by atoms with Crippen LogP contribution in [0.1, 0.15) is 61.5 Å². The molecule has 114 valence electrons. The fraction of sp³-hybridized carbons (Fsp3) is 0.471. The van der Waals surface area contributed by atoms with Gasteiger partial charge in [-0.2, -0.15) is 0 Å². The van der Waals surface area contributed by atoms with Crippen molar-refractivity contribution in [2.24, 2.45) is 0 Å². The Balaban J connectivity index is 2.39. The summed E-state index contributed by atoms with van der Waals surface area (Å²) in [5.74, 6) is 0.473. The first-order valence-electron chi connectivity index (χ1n) is 7.36. The van der Waals surface area contributed by atoms with E-state index in [-0.39, 0.29) is 6.04 Å². The van der Waals surface area contributed by atoms with E-state index in [0.717, 1.165) is 9.48 Å². The number of thiazole rings is 1. The smallest absolute Gasteiger partial charge is 0.114 e. The molecule has 1 atom stereocenters.